The van der Waals surface area contributed by atoms with Crippen molar-refractivity contribution in [3.8, 4) is 23.0 Å². The normalized spacial score (nSPS) is 10.6. The number of methoxy groups -OCH3 is 2. The Bertz CT molecular complexity index is 987. The molecule has 0 atom stereocenters. The Morgan fingerprint density at radius 3 is 2.61 bits per heavy atom. The van der Waals surface area contributed by atoms with Gasteiger partial charge in [0.25, 0.3) is 5.22 Å². The van der Waals surface area contributed by atoms with E-state index in [0.717, 1.165) is 11.1 Å². The van der Waals surface area contributed by atoms with Crippen LogP contribution in [0.1, 0.15) is 11.1 Å². The maximum atomic E-state index is 12.3. The Kier molecular flexibility index (Phi) is 6.20. The van der Waals surface area contributed by atoms with Crippen molar-refractivity contribution in [2.24, 2.45) is 0 Å². The molecule has 1 heterocycles. The van der Waals surface area contributed by atoms with Crippen LogP contribution in [-0.4, -0.2) is 36.1 Å². The molecule has 7 nitrogen and oxygen atoms in total. The molecule has 0 saturated carbocycles. The summed E-state index contributed by atoms with van der Waals surface area (Å²) >= 11 is 1.17. The van der Waals surface area contributed by atoms with Crippen LogP contribution in [0.4, 0.5) is 5.69 Å². The first kappa shape index (κ1) is 19.8. The summed E-state index contributed by atoms with van der Waals surface area (Å²) in [6.45, 7) is 4.08. The van der Waals surface area contributed by atoms with Crippen molar-refractivity contribution in [1.82, 2.24) is 10.2 Å². The molecule has 8 heteroatoms. The number of aromatic nitrogens is 2. The minimum atomic E-state index is -0.220. The van der Waals surface area contributed by atoms with Gasteiger partial charge in [0.2, 0.25) is 11.8 Å². The average molecular weight is 399 g/mol. The number of anilines is 1. The van der Waals surface area contributed by atoms with E-state index in [0.29, 0.717) is 28.3 Å². The molecule has 0 spiro atoms. The first-order valence-corrected chi connectivity index (χ1v) is 9.54. The Morgan fingerprint density at radius 1 is 1.07 bits per heavy atom. The molecule has 3 aromatic rings. The fourth-order valence-electron chi connectivity index (χ4n) is 2.48. The van der Waals surface area contributed by atoms with Gasteiger partial charge < -0.3 is 19.2 Å². The molecule has 0 aliphatic rings. The zero-order chi connectivity index (χ0) is 20.1. The summed E-state index contributed by atoms with van der Waals surface area (Å²) in [6.07, 6.45) is 0. The van der Waals surface area contributed by atoms with Gasteiger partial charge in [0.05, 0.1) is 25.7 Å². The van der Waals surface area contributed by atoms with Crippen LogP contribution < -0.4 is 14.8 Å². The third-order valence-electron chi connectivity index (χ3n) is 4.17. The van der Waals surface area contributed by atoms with Crippen molar-refractivity contribution in [1.29, 1.82) is 0 Å². The van der Waals surface area contributed by atoms with Gasteiger partial charge in [-0.2, -0.15) is 0 Å². The third kappa shape index (κ3) is 4.64. The van der Waals surface area contributed by atoms with E-state index in [9.17, 15) is 4.79 Å². The molecule has 0 unspecified atom stereocenters. The van der Waals surface area contributed by atoms with Gasteiger partial charge >= 0.3 is 0 Å². The Labute approximate surface area is 167 Å². The molecule has 1 amide bonds. The summed E-state index contributed by atoms with van der Waals surface area (Å²) < 4.78 is 16.1. The quantitative estimate of drug-likeness (QED) is 0.599. The molecule has 1 aromatic heterocycles. The lowest BCUT2D eigenvalue weighted by Crippen LogP contribution is -2.14. The van der Waals surface area contributed by atoms with Crippen LogP contribution in [-0.2, 0) is 4.79 Å². The van der Waals surface area contributed by atoms with Crippen molar-refractivity contribution in [3.63, 3.8) is 0 Å². The Morgan fingerprint density at radius 2 is 1.89 bits per heavy atom. The number of carbonyl (C=O) groups is 1. The summed E-state index contributed by atoms with van der Waals surface area (Å²) in [6, 6.07) is 11.1. The summed E-state index contributed by atoms with van der Waals surface area (Å²) in [5.41, 5.74) is 3.74. The van der Waals surface area contributed by atoms with Crippen molar-refractivity contribution >= 4 is 23.4 Å². The van der Waals surface area contributed by atoms with Gasteiger partial charge in [-0.3, -0.25) is 4.79 Å². The number of rotatable bonds is 7. The van der Waals surface area contributed by atoms with Gasteiger partial charge in [0, 0.05) is 11.6 Å². The highest BCUT2D eigenvalue weighted by Crippen LogP contribution is 2.29. The fraction of sp³-hybridized carbons (Fsp3) is 0.250. The van der Waals surface area contributed by atoms with Crippen LogP contribution in [0, 0.1) is 13.8 Å². The first-order chi connectivity index (χ1) is 13.5. The minimum Gasteiger partial charge on any atom is -0.497 e. The molecule has 1 N–H and O–H groups in total. The van der Waals surface area contributed by atoms with Gasteiger partial charge in [0.15, 0.2) is 0 Å². The van der Waals surface area contributed by atoms with Crippen molar-refractivity contribution in [3.05, 3.63) is 47.5 Å². The maximum Gasteiger partial charge on any atom is 0.277 e. The van der Waals surface area contributed by atoms with E-state index in [4.69, 9.17) is 13.9 Å². The second kappa shape index (κ2) is 8.79. The second-order valence-corrected chi connectivity index (χ2v) is 7.00. The highest BCUT2D eigenvalue weighted by Gasteiger charge is 2.13. The molecule has 2 aromatic carbocycles. The molecular weight excluding hydrogens is 378 g/mol. The largest absolute Gasteiger partial charge is 0.497 e. The molecule has 3 rings (SSSR count). The van der Waals surface area contributed by atoms with Crippen molar-refractivity contribution < 1.29 is 18.7 Å². The molecule has 0 radical (unpaired) electrons. The molecule has 0 fully saturated rings. The Hall–Kier alpha value is -3.00. The van der Waals surface area contributed by atoms with Gasteiger partial charge in [-0.15, -0.1) is 10.2 Å². The topological polar surface area (TPSA) is 86.5 Å². The zero-order valence-corrected chi connectivity index (χ0v) is 16.9. The first-order valence-electron chi connectivity index (χ1n) is 8.56. The smallest absolute Gasteiger partial charge is 0.277 e. The molecule has 0 saturated heterocycles. The number of thioether (sulfide) groups is 1. The average Bonchev–Trinajstić information content (AvgIpc) is 3.17. The van der Waals surface area contributed by atoms with E-state index in [1.54, 1.807) is 32.4 Å². The highest BCUT2D eigenvalue weighted by molar-refractivity contribution is 7.99. The van der Waals surface area contributed by atoms with Gasteiger partial charge in [-0.1, -0.05) is 17.8 Å². The van der Waals surface area contributed by atoms with E-state index in [1.165, 1.54) is 17.3 Å². The molecule has 146 valence electrons. The van der Waals surface area contributed by atoms with Crippen LogP contribution in [0.15, 0.2) is 46.0 Å². The van der Waals surface area contributed by atoms with Crippen LogP contribution in [0.5, 0.6) is 11.5 Å². The van der Waals surface area contributed by atoms with Crippen LogP contribution in [0.2, 0.25) is 0 Å². The monoisotopic (exact) mass is 399 g/mol. The van der Waals surface area contributed by atoms with E-state index in [1.807, 2.05) is 32.0 Å². The zero-order valence-electron chi connectivity index (χ0n) is 16.1. The van der Waals surface area contributed by atoms with E-state index < -0.39 is 0 Å². The number of nitrogens with one attached hydrogen (secondary N) is 1. The lowest BCUT2D eigenvalue weighted by Gasteiger charge is -2.11. The maximum absolute atomic E-state index is 12.3. The number of amides is 1. The number of nitrogens with zero attached hydrogens (tertiary/aromatic N) is 2. The number of aryl methyl sites for hydroxylation is 2. The summed E-state index contributed by atoms with van der Waals surface area (Å²) in [7, 11) is 3.10. The van der Waals surface area contributed by atoms with Crippen LogP contribution in [0.25, 0.3) is 11.5 Å². The molecular formula is C20H21N3O4S. The van der Waals surface area contributed by atoms with Crippen molar-refractivity contribution in [2.45, 2.75) is 19.1 Å². The van der Waals surface area contributed by atoms with Gasteiger partial charge in [0.1, 0.15) is 11.5 Å². The summed E-state index contributed by atoms with van der Waals surface area (Å²) in [5, 5.41) is 11.2. The predicted octanol–water partition coefficient (Wildman–Crippen LogP) is 4.10. The van der Waals surface area contributed by atoms with E-state index >= 15 is 0 Å². The second-order valence-electron chi connectivity index (χ2n) is 6.08. The highest BCUT2D eigenvalue weighted by atomic mass is 32.2. The number of ether oxygens (including phenoxy) is 2. The summed E-state index contributed by atoms with van der Waals surface area (Å²) in [4.78, 5) is 12.3. The number of benzene rings is 2. The van der Waals surface area contributed by atoms with E-state index in [-0.39, 0.29) is 11.7 Å². The summed E-state index contributed by atoms with van der Waals surface area (Å²) in [5.74, 6) is 1.50. The van der Waals surface area contributed by atoms with Crippen LogP contribution in [0.3, 0.4) is 0 Å². The third-order valence-corrected chi connectivity index (χ3v) is 4.99. The standard InChI is InChI=1S/C20H21N3O4S/c1-12-5-6-14(9-13(12)2)19-22-23-20(27-19)28-11-18(24)21-16-10-15(25-3)7-8-17(16)26-4/h5-10H,11H2,1-4H3,(H,21,24). The van der Waals surface area contributed by atoms with Gasteiger partial charge in [-0.05, 0) is 49.2 Å². The predicted molar refractivity (Wildman–Crippen MR) is 108 cm³/mol. The molecule has 0 aliphatic heterocycles. The SMILES string of the molecule is COc1ccc(OC)c(NC(=O)CSc2nnc(-c3ccc(C)c(C)c3)o2)c1. The molecule has 28 heavy (non-hydrogen) atoms. The van der Waals surface area contributed by atoms with E-state index in [2.05, 4.69) is 15.5 Å². The molecule has 0 bridgehead atoms. The van der Waals surface area contributed by atoms with Crippen molar-refractivity contribution in [2.75, 3.05) is 25.3 Å². The minimum absolute atomic E-state index is 0.120. The Balaban J connectivity index is 1.62. The fourth-order valence-corrected chi connectivity index (χ4v) is 3.05. The lowest BCUT2D eigenvalue weighted by atomic mass is 10.1. The lowest BCUT2D eigenvalue weighted by molar-refractivity contribution is -0.113. The molecule has 0 aliphatic carbocycles. The number of hydrogen-bond acceptors (Lipinski definition) is 7. The van der Waals surface area contributed by atoms with Crippen LogP contribution >= 0.6 is 11.8 Å². The number of hydrogen-bond donors (Lipinski definition) is 1. The number of carbonyl (C=O) groups excluding carboxylic acids is 1. The van der Waals surface area contributed by atoms with Gasteiger partial charge in [-0.25, -0.2) is 0 Å².